The van der Waals surface area contributed by atoms with Crippen LogP contribution in [0.15, 0.2) is 53.7 Å². The number of aromatic nitrogens is 2. The number of alkyl halides is 3. The molecule has 2 N–H and O–H groups in total. The minimum absolute atomic E-state index is 0.116. The second kappa shape index (κ2) is 11.1. The number of benzene rings is 2. The molecule has 0 radical (unpaired) electrons. The highest BCUT2D eigenvalue weighted by Gasteiger charge is 2.41. The van der Waals surface area contributed by atoms with E-state index in [1.54, 1.807) is 12.1 Å². The van der Waals surface area contributed by atoms with Crippen molar-refractivity contribution in [2.45, 2.75) is 48.7 Å². The minimum Gasteiger partial charge on any atom is -0.493 e. The Kier molecular flexibility index (Phi) is 7.83. The second-order valence-corrected chi connectivity index (χ2v) is 10.4. The molecule has 3 aromatic rings. The van der Waals surface area contributed by atoms with Crippen LogP contribution < -0.4 is 10.2 Å². The molecule has 1 fully saturated rings. The summed E-state index contributed by atoms with van der Waals surface area (Å²) in [5, 5.41) is 10.6. The SMILES string of the molecule is ON(Nc1ncns1)Sc1ccc2c(c1)OCCC2N1CCC(OC(F)(F)F)CC1c1ccc(F)cc1. The van der Waals surface area contributed by atoms with Crippen molar-refractivity contribution < 1.29 is 32.2 Å². The summed E-state index contributed by atoms with van der Waals surface area (Å²) in [6.45, 7) is 0.798. The summed E-state index contributed by atoms with van der Waals surface area (Å²) >= 11 is 2.11. The van der Waals surface area contributed by atoms with Crippen molar-refractivity contribution in [1.29, 1.82) is 0 Å². The van der Waals surface area contributed by atoms with Crippen molar-refractivity contribution in [3.05, 3.63) is 65.7 Å². The van der Waals surface area contributed by atoms with Gasteiger partial charge in [-0.05, 0) is 47.2 Å². The summed E-state index contributed by atoms with van der Waals surface area (Å²) in [5.74, 6) is 0.228. The molecule has 1 aromatic heterocycles. The van der Waals surface area contributed by atoms with Gasteiger partial charge in [0.1, 0.15) is 17.9 Å². The molecule has 0 amide bonds. The van der Waals surface area contributed by atoms with Crippen LogP contribution in [0.3, 0.4) is 0 Å². The monoisotopic (exact) mass is 557 g/mol. The molecule has 5 rings (SSSR count). The topological polar surface area (TPSA) is 83.0 Å². The summed E-state index contributed by atoms with van der Waals surface area (Å²) < 4.78 is 67.5. The van der Waals surface area contributed by atoms with Crippen LogP contribution in [0.5, 0.6) is 5.75 Å². The molecule has 198 valence electrons. The van der Waals surface area contributed by atoms with E-state index in [2.05, 4.69) is 24.4 Å². The van der Waals surface area contributed by atoms with Gasteiger partial charge in [-0.25, -0.2) is 9.37 Å². The van der Waals surface area contributed by atoms with E-state index in [0.717, 1.165) is 39.2 Å². The molecular weight excluding hydrogens is 534 g/mol. The molecule has 0 aliphatic carbocycles. The Hall–Kier alpha value is -2.49. The van der Waals surface area contributed by atoms with Crippen molar-refractivity contribution in [3.63, 3.8) is 0 Å². The van der Waals surface area contributed by atoms with Crippen molar-refractivity contribution in [2.75, 3.05) is 18.6 Å². The number of fused-ring (bicyclic) bond motifs is 1. The van der Waals surface area contributed by atoms with Gasteiger partial charge in [0.2, 0.25) is 5.13 Å². The molecule has 3 atom stereocenters. The highest BCUT2D eigenvalue weighted by molar-refractivity contribution is 7.97. The molecule has 0 saturated carbocycles. The molecule has 0 spiro atoms. The third kappa shape index (κ3) is 6.51. The van der Waals surface area contributed by atoms with Crippen LogP contribution in [0.4, 0.5) is 22.7 Å². The lowest BCUT2D eigenvalue weighted by Crippen LogP contribution is -2.44. The van der Waals surface area contributed by atoms with Gasteiger partial charge in [0, 0.05) is 59.0 Å². The predicted molar refractivity (Wildman–Crippen MR) is 128 cm³/mol. The third-order valence-corrected chi connectivity index (χ3v) is 7.59. The van der Waals surface area contributed by atoms with E-state index < -0.39 is 24.3 Å². The molecular formula is C23H23F4N5O3S2. The smallest absolute Gasteiger partial charge is 0.493 e. The molecule has 0 bridgehead atoms. The Balaban J connectivity index is 1.36. The lowest BCUT2D eigenvalue weighted by Gasteiger charge is -2.45. The lowest BCUT2D eigenvalue weighted by atomic mass is 9.88. The molecule has 1 saturated heterocycles. The van der Waals surface area contributed by atoms with E-state index in [1.807, 2.05) is 18.2 Å². The van der Waals surface area contributed by atoms with Gasteiger partial charge >= 0.3 is 6.36 Å². The van der Waals surface area contributed by atoms with Crippen LogP contribution in [0.25, 0.3) is 0 Å². The number of nitrogens with zero attached hydrogens (tertiary/aromatic N) is 4. The minimum atomic E-state index is -4.72. The lowest BCUT2D eigenvalue weighted by molar-refractivity contribution is -0.347. The highest BCUT2D eigenvalue weighted by atomic mass is 32.2. The van der Waals surface area contributed by atoms with Crippen molar-refractivity contribution in [2.24, 2.45) is 0 Å². The number of piperidine rings is 1. The summed E-state index contributed by atoms with van der Waals surface area (Å²) in [5.41, 5.74) is 4.32. The van der Waals surface area contributed by atoms with E-state index in [9.17, 15) is 22.8 Å². The van der Waals surface area contributed by atoms with Gasteiger partial charge in [-0.3, -0.25) is 20.3 Å². The molecule has 3 heterocycles. The number of hydrazine groups is 1. The van der Waals surface area contributed by atoms with Gasteiger partial charge in [-0.1, -0.05) is 18.2 Å². The first-order valence-electron chi connectivity index (χ1n) is 11.5. The Morgan fingerprint density at radius 3 is 2.70 bits per heavy atom. The number of halogens is 4. The number of hydrogen-bond acceptors (Lipinski definition) is 10. The maximum Gasteiger partial charge on any atom is 0.522 e. The Morgan fingerprint density at radius 2 is 1.97 bits per heavy atom. The van der Waals surface area contributed by atoms with Crippen molar-refractivity contribution in [1.82, 2.24) is 18.8 Å². The second-order valence-electron chi connectivity index (χ2n) is 8.59. The normalized spacial score (nSPS) is 22.5. The standard InChI is InChI=1S/C23H23F4N5O3S2/c24-15-3-1-14(2-4-15)20-11-16(35-23(25,26)27)7-9-31(20)19-8-10-34-21-12-17(5-6-18(19)21)37-32(33)30-22-28-13-29-36-22/h1-6,12-13,16,19-20,33H,7-11H2,(H,28,29,30). The zero-order chi connectivity index (χ0) is 26.0. The van der Waals surface area contributed by atoms with Gasteiger partial charge in [0.05, 0.1) is 12.7 Å². The first kappa shape index (κ1) is 26.1. The van der Waals surface area contributed by atoms with Crippen molar-refractivity contribution in [3.8, 4) is 5.75 Å². The molecule has 3 unspecified atom stereocenters. The van der Waals surface area contributed by atoms with E-state index in [1.165, 1.54) is 18.5 Å². The fraction of sp³-hybridized carbons (Fsp3) is 0.391. The first-order valence-corrected chi connectivity index (χ1v) is 13.0. The molecule has 2 aromatic carbocycles. The molecule has 37 heavy (non-hydrogen) atoms. The molecule has 14 heteroatoms. The van der Waals surface area contributed by atoms with Crippen LogP contribution in [0.2, 0.25) is 0 Å². The number of ether oxygens (including phenoxy) is 2. The molecule has 2 aliphatic rings. The maximum atomic E-state index is 13.6. The van der Waals surface area contributed by atoms with E-state index in [4.69, 9.17) is 4.74 Å². The first-order chi connectivity index (χ1) is 17.7. The number of nitrogens with one attached hydrogen (secondary N) is 1. The summed E-state index contributed by atoms with van der Waals surface area (Å²) in [6, 6.07) is 10.9. The zero-order valence-corrected chi connectivity index (χ0v) is 20.9. The number of likely N-dealkylation sites (tertiary alicyclic amines) is 1. The van der Waals surface area contributed by atoms with Crippen LogP contribution in [0.1, 0.15) is 42.5 Å². The quantitative estimate of drug-likeness (QED) is 0.207. The van der Waals surface area contributed by atoms with Gasteiger partial charge in [0.15, 0.2) is 0 Å². The van der Waals surface area contributed by atoms with Gasteiger partial charge in [0.25, 0.3) is 0 Å². The third-order valence-electron chi connectivity index (χ3n) is 6.29. The Labute approximate surface area is 218 Å². The largest absolute Gasteiger partial charge is 0.522 e. The van der Waals surface area contributed by atoms with Crippen LogP contribution in [0, 0.1) is 5.82 Å². The zero-order valence-electron chi connectivity index (χ0n) is 19.3. The van der Waals surface area contributed by atoms with E-state index >= 15 is 0 Å². The highest BCUT2D eigenvalue weighted by Crippen LogP contribution is 2.45. The van der Waals surface area contributed by atoms with E-state index in [0.29, 0.717) is 35.3 Å². The van der Waals surface area contributed by atoms with Crippen LogP contribution in [-0.4, -0.2) is 49.7 Å². The molecule has 2 aliphatic heterocycles. The van der Waals surface area contributed by atoms with Crippen LogP contribution in [-0.2, 0) is 4.74 Å². The fourth-order valence-electron chi connectivity index (χ4n) is 4.81. The summed E-state index contributed by atoms with van der Waals surface area (Å²) in [7, 11) is 0. The van der Waals surface area contributed by atoms with Crippen LogP contribution >= 0.6 is 23.5 Å². The number of anilines is 1. The molecule has 8 nitrogen and oxygen atoms in total. The summed E-state index contributed by atoms with van der Waals surface area (Å²) in [6.07, 6.45) is -3.34. The number of rotatable bonds is 7. The fourth-order valence-corrected chi connectivity index (χ4v) is 5.91. The van der Waals surface area contributed by atoms with Crippen molar-refractivity contribution >= 4 is 28.6 Å². The summed E-state index contributed by atoms with van der Waals surface area (Å²) in [4.78, 5) is 6.81. The van der Waals surface area contributed by atoms with E-state index in [-0.39, 0.29) is 18.9 Å². The predicted octanol–water partition coefficient (Wildman–Crippen LogP) is 5.97. The average Bonchev–Trinajstić information content (AvgIpc) is 3.36. The van der Waals surface area contributed by atoms with Gasteiger partial charge in [-0.15, -0.1) is 13.2 Å². The maximum absolute atomic E-state index is 13.6. The van der Waals surface area contributed by atoms with Gasteiger partial charge < -0.3 is 4.74 Å². The Morgan fingerprint density at radius 1 is 1.16 bits per heavy atom. The average molecular weight is 558 g/mol. The number of hydrogen-bond donors (Lipinski definition) is 2. The van der Waals surface area contributed by atoms with Gasteiger partial charge in [-0.2, -0.15) is 4.37 Å². The Bertz CT molecular complexity index is 1190.